The summed E-state index contributed by atoms with van der Waals surface area (Å²) >= 11 is 0. The Morgan fingerprint density at radius 2 is 1.95 bits per heavy atom. The molecular formula is C17H24N2O2. The molecule has 1 aliphatic heterocycles. The fourth-order valence-electron chi connectivity index (χ4n) is 2.79. The fourth-order valence-corrected chi connectivity index (χ4v) is 2.79. The molecule has 114 valence electrons. The average Bonchev–Trinajstić information content (AvgIpc) is 2.41. The van der Waals surface area contributed by atoms with Gasteiger partial charge in [0.25, 0.3) is 5.91 Å². The van der Waals surface area contributed by atoms with Crippen LogP contribution in [0.5, 0.6) is 0 Å². The first-order valence-electron chi connectivity index (χ1n) is 7.52. The SMILES string of the molecule is CCc1cccc(N2C(=O)C(C)(C)NC(=O)C2C(C)C)c1. The molecule has 0 spiro atoms. The van der Waals surface area contributed by atoms with Crippen LogP contribution in [0, 0.1) is 5.92 Å². The second kappa shape index (κ2) is 5.51. The Balaban J connectivity index is 2.52. The van der Waals surface area contributed by atoms with Gasteiger partial charge in [-0.15, -0.1) is 0 Å². The summed E-state index contributed by atoms with van der Waals surface area (Å²) in [5.41, 5.74) is 1.09. The maximum atomic E-state index is 12.8. The second-order valence-electron chi connectivity index (χ2n) is 6.50. The van der Waals surface area contributed by atoms with Crippen molar-refractivity contribution in [2.24, 2.45) is 5.92 Å². The Morgan fingerprint density at radius 1 is 1.29 bits per heavy atom. The molecule has 1 aromatic carbocycles. The molecule has 1 saturated heterocycles. The topological polar surface area (TPSA) is 49.4 Å². The number of carbonyl (C=O) groups is 2. The lowest BCUT2D eigenvalue weighted by molar-refractivity contribution is -0.138. The van der Waals surface area contributed by atoms with Crippen LogP contribution in [0.25, 0.3) is 0 Å². The first kappa shape index (κ1) is 15.5. The van der Waals surface area contributed by atoms with Crippen LogP contribution in [-0.2, 0) is 16.0 Å². The number of carbonyl (C=O) groups excluding carboxylic acids is 2. The van der Waals surface area contributed by atoms with Crippen molar-refractivity contribution >= 4 is 17.5 Å². The Kier molecular flexibility index (Phi) is 4.08. The van der Waals surface area contributed by atoms with E-state index in [9.17, 15) is 9.59 Å². The number of piperazine rings is 1. The van der Waals surface area contributed by atoms with E-state index in [4.69, 9.17) is 0 Å². The molecule has 1 aliphatic rings. The van der Waals surface area contributed by atoms with Gasteiger partial charge >= 0.3 is 0 Å². The third kappa shape index (κ3) is 2.80. The van der Waals surface area contributed by atoms with Gasteiger partial charge in [0.2, 0.25) is 5.91 Å². The highest BCUT2D eigenvalue weighted by molar-refractivity contribution is 6.10. The molecule has 21 heavy (non-hydrogen) atoms. The predicted molar refractivity (Wildman–Crippen MR) is 84.2 cm³/mol. The molecule has 1 N–H and O–H groups in total. The number of hydrogen-bond acceptors (Lipinski definition) is 2. The Hall–Kier alpha value is -1.84. The number of nitrogens with zero attached hydrogens (tertiary/aromatic N) is 1. The van der Waals surface area contributed by atoms with Crippen LogP contribution in [-0.4, -0.2) is 23.4 Å². The van der Waals surface area contributed by atoms with Crippen molar-refractivity contribution < 1.29 is 9.59 Å². The van der Waals surface area contributed by atoms with Gasteiger partial charge in [-0.2, -0.15) is 0 Å². The zero-order valence-corrected chi connectivity index (χ0v) is 13.4. The number of rotatable bonds is 3. The van der Waals surface area contributed by atoms with Crippen LogP contribution in [0.1, 0.15) is 40.2 Å². The number of anilines is 1. The standard InChI is InChI=1S/C17H24N2O2/c1-6-12-8-7-9-13(10-12)19-14(11(2)3)15(20)18-17(4,5)16(19)21/h7-11,14H,6H2,1-5H3,(H,18,20). The van der Waals surface area contributed by atoms with E-state index >= 15 is 0 Å². The molecule has 2 rings (SSSR count). The molecule has 0 aromatic heterocycles. The van der Waals surface area contributed by atoms with E-state index in [2.05, 4.69) is 12.2 Å². The van der Waals surface area contributed by atoms with E-state index in [1.807, 2.05) is 38.1 Å². The van der Waals surface area contributed by atoms with E-state index in [0.29, 0.717) is 0 Å². The lowest BCUT2D eigenvalue weighted by Crippen LogP contribution is -2.69. The van der Waals surface area contributed by atoms with Gasteiger partial charge in [0.1, 0.15) is 11.6 Å². The highest BCUT2D eigenvalue weighted by Gasteiger charge is 2.46. The molecule has 1 unspecified atom stereocenters. The molecule has 4 nitrogen and oxygen atoms in total. The average molecular weight is 288 g/mol. The van der Waals surface area contributed by atoms with Crippen LogP contribution in [0.3, 0.4) is 0 Å². The van der Waals surface area contributed by atoms with Crippen LogP contribution in [0.4, 0.5) is 5.69 Å². The Bertz CT molecular complexity index is 564. The summed E-state index contributed by atoms with van der Waals surface area (Å²) in [7, 11) is 0. The van der Waals surface area contributed by atoms with Crippen molar-refractivity contribution in [3.8, 4) is 0 Å². The fraction of sp³-hybridized carbons (Fsp3) is 0.529. The third-order valence-corrected chi connectivity index (χ3v) is 3.96. The molecule has 0 aliphatic carbocycles. The van der Waals surface area contributed by atoms with Crippen LogP contribution < -0.4 is 10.2 Å². The maximum Gasteiger partial charge on any atom is 0.252 e. The number of hydrogen-bond donors (Lipinski definition) is 1. The lowest BCUT2D eigenvalue weighted by Gasteiger charge is -2.44. The van der Waals surface area contributed by atoms with E-state index in [1.165, 1.54) is 0 Å². The molecule has 2 amide bonds. The zero-order valence-electron chi connectivity index (χ0n) is 13.4. The minimum absolute atomic E-state index is 0.0512. The summed E-state index contributed by atoms with van der Waals surface area (Å²) in [6, 6.07) is 7.42. The van der Waals surface area contributed by atoms with Gasteiger partial charge in [0.15, 0.2) is 0 Å². The predicted octanol–water partition coefficient (Wildman–Crippen LogP) is 2.52. The summed E-state index contributed by atoms with van der Waals surface area (Å²) in [5, 5.41) is 2.84. The molecular weight excluding hydrogens is 264 g/mol. The third-order valence-electron chi connectivity index (χ3n) is 3.96. The Labute approximate surface area is 126 Å². The van der Waals surface area contributed by atoms with E-state index < -0.39 is 11.6 Å². The normalized spacial score (nSPS) is 21.6. The van der Waals surface area contributed by atoms with Crippen LogP contribution in [0.2, 0.25) is 0 Å². The van der Waals surface area contributed by atoms with Crippen molar-refractivity contribution in [2.45, 2.75) is 52.6 Å². The van der Waals surface area contributed by atoms with Crippen molar-refractivity contribution in [1.82, 2.24) is 5.32 Å². The number of amides is 2. The minimum Gasteiger partial charge on any atom is -0.340 e. The van der Waals surface area contributed by atoms with Crippen molar-refractivity contribution in [3.05, 3.63) is 29.8 Å². The first-order chi connectivity index (χ1) is 9.77. The highest BCUT2D eigenvalue weighted by atomic mass is 16.2. The first-order valence-corrected chi connectivity index (χ1v) is 7.52. The van der Waals surface area contributed by atoms with E-state index in [-0.39, 0.29) is 17.7 Å². The van der Waals surface area contributed by atoms with Gasteiger partial charge in [-0.25, -0.2) is 0 Å². The molecule has 1 fully saturated rings. The van der Waals surface area contributed by atoms with Gasteiger partial charge in [-0.1, -0.05) is 32.9 Å². The summed E-state index contributed by atoms with van der Waals surface area (Å²) < 4.78 is 0. The van der Waals surface area contributed by atoms with Crippen molar-refractivity contribution in [2.75, 3.05) is 4.90 Å². The van der Waals surface area contributed by atoms with Crippen molar-refractivity contribution in [1.29, 1.82) is 0 Å². The zero-order chi connectivity index (χ0) is 15.8. The van der Waals surface area contributed by atoms with Gasteiger partial charge < -0.3 is 5.32 Å². The summed E-state index contributed by atoms with van der Waals surface area (Å²) in [5.74, 6) is -0.0964. The van der Waals surface area contributed by atoms with E-state index in [0.717, 1.165) is 17.7 Å². The molecule has 0 radical (unpaired) electrons. The smallest absolute Gasteiger partial charge is 0.252 e. The number of nitrogens with one attached hydrogen (secondary N) is 1. The quantitative estimate of drug-likeness (QED) is 0.929. The minimum atomic E-state index is -0.870. The molecule has 1 heterocycles. The van der Waals surface area contributed by atoms with Gasteiger partial charge in [0.05, 0.1) is 0 Å². The van der Waals surface area contributed by atoms with Gasteiger partial charge in [0, 0.05) is 5.69 Å². The van der Waals surface area contributed by atoms with Crippen molar-refractivity contribution in [3.63, 3.8) is 0 Å². The van der Waals surface area contributed by atoms with Gasteiger partial charge in [-0.05, 0) is 43.9 Å². The Morgan fingerprint density at radius 3 is 2.52 bits per heavy atom. The summed E-state index contributed by atoms with van der Waals surface area (Å²) in [6.45, 7) is 9.51. The summed E-state index contributed by atoms with van der Waals surface area (Å²) in [4.78, 5) is 26.9. The van der Waals surface area contributed by atoms with Crippen LogP contribution in [0.15, 0.2) is 24.3 Å². The molecule has 1 aromatic rings. The van der Waals surface area contributed by atoms with E-state index in [1.54, 1.807) is 18.7 Å². The van der Waals surface area contributed by atoms with Gasteiger partial charge in [-0.3, -0.25) is 14.5 Å². The maximum absolute atomic E-state index is 12.8. The molecule has 4 heteroatoms. The second-order valence-corrected chi connectivity index (χ2v) is 6.50. The monoisotopic (exact) mass is 288 g/mol. The number of aryl methyl sites for hydroxylation is 1. The van der Waals surface area contributed by atoms with Crippen LogP contribution >= 0.6 is 0 Å². The summed E-state index contributed by atoms with van der Waals surface area (Å²) in [6.07, 6.45) is 0.901. The molecule has 0 saturated carbocycles. The lowest BCUT2D eigenvalue weighted by atomic mass is 9.90. The number of benzene rings is 1. The largest absolute Gasteiger partial charge is 0.340 e. The molecule has 0 bridgehead atoms. The molecule has 1 atom stereocenters. The highest BCUT2D eigenvalue weighted by Crippen LogP contribution is 2.29.